The van der Waals surface area contributed by atoms with Crippen molar-refractivity contribution in [2.75, 3.05) is 0 Å². The molecule has 0 fully saturated rings. The highest BCUT2D eigenvalue weighted by molar-refractivity contribution is 5.83. The number of allylic oxidation sites excluding steroid dienone is 1. The van der Waals surface area contributed by atoms with Gasteiger partial charge in [0.2, 0.25) is 0 Å². The summed E-state index contributed by atoms with van der Waals surface area (Å²) in [6.45, 7) is 0. The smallest absolute Gasteiger partial charge is 0.0142 e. The highest BCUT2D eigenvalue weighted by Crippen LogP contribution is 2.49. The van der Waals surface area contributed by atoms with Crippen LogP contribution in [-0.2, 0) is 0 Å². The largest absolute Gasteiger partial charge is 0.0830 e. The molecule has 2 aliphatic rings. The van der Waals surface area contributed by atoms with E-state index in [0.717, 1.165) is 6.42 Å². The molecule has 0 saturated carbocycles. The van der Waals surface area contributed by atoms with E-state index in [-0.39, 0.29) is 0 Å². The van der Waals surface area contributed by atoms with Crippen LogP contribution in [0, 0.1) is 0 Å². The fourth-order valence-electron chi connectivity index (χ4n) is 3.13. The summed E-state index contributed by atoms with van der Waals surface area (Å²) < 4.78 is 0. The van der Waals surface area contributed by atoms with Gasteiger partial charge >= 0.3 is 0 Å². The summed E-state index contributed by atoms with van der Waals surface area (Å²) in [5, 5.41) is 0. The van der Waals surface area contributed by atoms with Crippen LogP contribution in [0.2, 0.25) is 0 Å². The molecule has 2 aliphatic carbocycles. The molecule has 0 radical (unpaired) electrons. The van der Waals surface area contributed by atoms with Crippen LogP contribution in [0.1, 0.15) is 29.0 Å². The van der Waals surface area contributed by atoms with Gasteiger partial charge in [0.15, 0.2) is 0 Å². The zero-order valence-corrected chi connectivity index (χ0v) is 8.98. The summed E-state index contributed by atoms with van der Waals surface area (Å²) in [4.78, 5) is 0. The molecule has 0 aliphatic heterocycles. The van der Waals surface area contributed by atoms with Crippen LogP contribution in [0.5, 0.6) is 0 Å². The number of benzene rings is 2. The summed E-state index contributed by atoms with van der Waals surface area (Å²) in [5.74, 6) is 0.604. The van der Waals surface area contributed by atoms with Crippen molar-refractivity contribution in [1.82, 2.24) is 0 Å². The number of rotatable bonds is 0. The van der Waals surface area contributed by atoms with Crippen molar-refractivity contribution < 1.29 is 0 Å². The second-order valence-corrected chi connectivity index (χ2v) is 4.59. The first-order valence-corrected chi connectivity index (χ1v) is 5.84. The molecule has 0 N–H and O–H groups in total. The Balaban J connectivity index is 2.13. The molecular weight excluding hydrogens is 192 g/mol. The van der Waals surface area contributed by atoms with Crippen molar-refractivity contribution in [3.8, 4) is 11.1 Å². The van der Waals surface area contributed by atoms with E-state index in [9.17, 15) is 0 Å². The van der Waals surface area contributed by atoms with Crippen molar-refractivity contribution in [2.24, 2.45) is 0 Å². The Bertz CT molecular complexity index is 605. The van der Waals surface area contributed by atoms with Gasteiger partial charge in [-0.05, 0) is 34.2 Å². The van der Waals surface area contributed by atoms with Crippen molar-refractivity contribution in [3.05, 3.63) is 65.2 Å². The third-order valence-electron chi connectivity index (χ3n) is 3.78. The van der Waals surface area contributed by atoms with Gasteiger partial charge in [-0.15, -0.1) is 0 Å². The Kier molecular flexibility index (Phi) is 1.49. The molecule has 0 spiro atoms. The molecule has 0 heteroatoms. The molecule has 0 aromatic heterocycles. The van der Waals surface area contributed by atoms with Crippen LogP contribution in [0.15, 0.2) is 48.5 Å². The Labute approximate surface area is 95.2 Å². The minimum absolute atomic E-state index is 0.604. The highest BCUT2D eigenvalue weighted by Gasteiger charge is 2.30. The number of hydrogen-bond acceptors (Lipinski definition) is 0. The Morgan fingerprint density at radius 1 is 0.875 bits per heavy atom. The third-order valence-corrected chi connectivity index (χ3v) is 3.78. The lowest BCUT2D eigenvalue weighted by Crippen LogP contribution is -2.00. The monoisotopic (exact) mass is 204 g/mol. The maximum absolute atomic E-state index is 2.30. The van der Waals surface area contributed by atoms with Gasteiger partial charge in [0.1, 0.15) is 0 Å². The van der Waals surface area contributed by atoms with Crippen molar-refractivity contribution in [2.45, 2.75) is 12.3 Å². The highest BCUT2D eigenvalue weighted by atomic mass is 14.3. The molecule has 2 aromatic carbocycles. The lowest BCUT2D eigenvalue weighted by Gasteiger charge is -2.17. The van der Waals surface area contributed by atoms with E-state index >= 15 is 0 Å². The Morgan fingerprint density at radius 3 is 2.75 bits per heavy atom. The van der Waals surface area contributed by atoms with Gasteiger partial charge in [0, 0.05) is 5.92 Å². The standard InChI is InChI=1S/C16H12/c1-2-8-13-12(7-1)14-9-3-5-11-6-4-10-15(13)16(11)14/h1-9,15H,10H2. The first kappa shape index (κ1) is 8.35. The summed E-state index contributed by atoms with van der Waals surface area (Å²) in [6, 6.07) is 15.5. The Morgan fingerprint density at radius 2 is 1.75 bits per heavy atom. The summed E-state index contributed by atoms with van der Waals surface area (Å²) >= 11 is 0. The predicted molar refractivity (Wildman–Crippen MR) is 67.4 cm³/mol. The summed E-state index contributed by atoms with van der Waals surface area (Å²) in [5.41, 5.74) is 7.35. The van der Waals surface area contributed by atoms with Crippen LogP contribution in [0.3, 0.4) is 0 Å². The molecule has 76 valence electrons. The molecule has 0 amide bonds. The molecule has 0 heterocycles. The molecule has 2 aromatic rings. The zero-order chi connectivity index (χ0) is 10.5. The number of hydrogen-bond donors (Lipinski definition) is 0. The van der Waals surface area contributed by atoms with Gasteiger partial charge in [0.25, 0.3) is 0 Å². The molecule has 1 atom stereocenters. The van der Waals surface area contributed by atoms with Crippen molar-refractivity contribution in [1.29, 1.82) is 0 Å². The lowest BCUT2D eigenvalue weighted by molar-refractivity contribution is 0.844. The van der Waals surface area contributed by atoms with Crippen LogP contribution in [0.25, 0.3) is 17.2 Å². The average Bonchev–Trinajstić information content (AvgIpc) is 2.68. The minimum atomic E-state index is 0.604. The van der Waals surface area contributed by atoms with Gasteiger partial charge in [-0.1, -0.05) is 54.6 Å². The van der Waals surface area contributed by atoms with E-state index < -0.39 is 0 Å². The maximum Gasteiger partial charge on any atom is 0.0142 e. The van der Waals surface area contributed by atoms with Crippen molar-refractivity contribution in [3.63, 3.8) is 0 Å². The predicted octanol–water partition coefficient (Wildman–Crippen LogP) is 4.22. The van der Waals surface area contributed by atoms with Crippen molar-refractivity contribution >= 4 is 6.08 Å². The molecule has 4 rings (SSSR count). The molecule has 0 saturated heterocycles. The van der Waals surface area contributed by atoms with Gasteiger partial charge in [-0.25, -0.2) is 0 Å². The fraction of sp³-hybridized carbons (Fsp3) is 0.125. The fourth-order valence-corrected chi connectivity index (χ4v) is 3.13. The topological polar surface area (TPSA) is 0 Å². The van der Waals surface area contributed by atoms with E-state index in [2.05, 4.69) is 54.6 Å². The molecular formula is C16H12. The van der Waals surface area contributed by atoms with Gasteiger partial charge in [-0.3, -0.25) is 0 Å². The maximum atomic E-state index is 2.30. The summed E-state index contributed by atoms with van der Waals surface area (Å²) in [7, 11) is 0. The third kappa shape index (κ3) is 0.898. The van der Waals surface area contributed by atoms with Crippen LogP contribution < -0.4 is 0 Å². The van der Waals surface area contributed by atoms with Gasteiger partial charge in [-0.2, -0.15) is 0 Å². The molecule has 16 heavy (non-hydrogen) atoms. The quantitative estimate of drug-likeness (QED) is 0.602. The van der Waals surface area contributed by atoms with E-state index in [1.807, 2.05) is 0 Å². The second-order valence-electron chi connectivity index (χ2n) is 4.59. The zero-order valence-electron chi connectivity index (χ0n) is 8.98. The first-order valence-electron chi connectivity index (χ1n) is 5.84. The van der Waals surface area contributed by atoms with Gasteiger partial charge < -0.3 is 0 Å². The molecule has 0 bridgehead atoms. The lowest BCUT2D eigenvalue weighted by atomic mass is 9.86. The van der Waals surface area contributed by atoms with E-state index in [1.165, 1.54) is 22.3 Å². The van der Waals surface area contributed by atoms with Crippen LogP contribution in [-0.4, -0.2) is 0 Å². The SMILES string of the molecule is C1=Cc2cccc3c2C(C1)c1ccccc1-3. The van der Waals surface area contributed by atoms with Crippen LogP contribution in [0.4, 0.5) is 0 Å². The molecule has 1 unspecified atom stereocenters. The number of fused-ring (bicyclic) bond motifs is 3. The van der Waals surface area contributed by atoms with E-state index in [4.69, 9.17) is 0 Å². The van der Waals surface area contributed by atoms with Crippen LogP contribution >= 0.6 is 0 Å². The molecule has 0 nitrogen and oxygen atoms in total. The van der Waals surface area contributed by atoms with Gasteiger partial charge in [0.05, 0.1) is 0 Å². The van der Waals surface area contributed by atoms with E-state index in [0.29, 0.717) is 5.92 Å². The average molecular weight is 204 g/mol. The normalized spacial score (nSPS) is 19.4. The minimum Gasteiger partial charge on any atom is -0.0830 e. The Hall–Kier alpha value is -1.82. The second kappa shape index (κ2) is 2.85. The summed E-state index contributed by atoms with van der Waals surface area (Å²) in [6.07, 6.45) is 5.72. The van der Waals surface area contributed by atoms with E-state index in [1.54, 1.807) is 5.56 Å². The first-order chi connectivity index (χ1) is 7.95.